The van der Waals surface area contributed by atoms with Crippen molar-refractivity contribution in [3.63, 3.8) is 0 Å². The number of aromatic nitrogens is 2. The van der Waals surface area contributed by atoms with Crippen molar-refractivity contribution in [2.75, 3.05) is 6.54 Å². The maximum atomic E-state index is 12.3. The number of fused-ring (bicyclic) bond motifs is 1. The first-order valence-electron chi connectivity index (χ1n) is 7.94. The van der Waals surface area contributed by atoms with Gasteiger partial charge in [0, 0.05) is 37.3 Å². The minimum Gasteiger partial charge on any atom is -0.491 e. The molecule has 2 heterocycles. The zero-order valence-electron chi connectivity index (χ0n) is 13.5. The van der Waals surface area contributed by atoms with Crippen LogP contribution in [0, 0.1) is 0 Å². The molecule has 23 heavy (non-hydrogen) atoms. The number of hydrogen-bond donors (Lipinski definition) is 3. The molecule has 0 bridgehead atoms. The van der Waals surface area contributed by atoms with Crippen LogP contribution in [0.5, 0.6) is 5.75 Å². The third kappa shape index (κ3) is 3.71. The Morgan fingerprint density at radius 1 is 1.35 bits per heavy atom. The molecule has 0 atom stereocenters. The number of hydrogen-bond acceptors (Lipinski definition) is 4. The van der Waals surface area contributed by atoms with Gasteiger partial charge in [-0.2, -0.15) is 5.10 Å². The van der Waals surface area contributed by atoms with Gasteiger partial charge in [-0.25, -0.2) is 0 Å². The van der Waals surface area contributed by atoms with Crippen LogP contribution in [0.25, 0.3) is 0 Å². The van der Waals surface area contributed by atoms with Crippen molar-refractivity contribution in [2.24, 2.45) is 0 Å². The molecule has 3 N–H and O–H groups in total. The summed E-state index contributed by atoms with van der Waals surface area (Å²) in [6, 6.07) is 7.75. The van der Waals surface area contributed by atoms with Crippen LogP contribution in [0.1, 0.15) is 41.2 Å². The van der Waals surface area contributed by atoms with E-state index in [9.17, 15) is 4.79 Å². The van der Waals surface area contributed by atoms with Gasteiger partial charge >= 0.3 is 0 Å². The lowest BCUT2D eigenvalue weighted by molar-refractivity contribution is 0.0944. The summed E-state index contributed by atoms with van der Waals surface area (Å²) in [7, 11) is 0. The maximum Gasteiger partial charge on any atom is 0.272 e. The van der Waals surface area contributed by atoms with Gasteiger partial charge in [0.1, 0.15) is 5.75 Å². The van der Waals surface area contributed by atoms with Crippen LogP contribution < -0.4 is 15.4 Å². The first kappa shape index (κ1) is 15.6. The van der Waals surface area contributed by atoms with Gasteiger partial charge in [0.2, 0.25) is 0 Å². The molecular weight excluding hydrogens is 292 g/mol. The molecule has 3 rings (SSSR count). The zero-order chi connectivity index (χ0) is 16.2. The summed E-state index contributed by atoms with van der Waals surface area (Å²) < 4.78 is 5.61. The van der Waals surface area contributed by atoms with E-state index >= 15 is 0 Å². The molecule has 2 aromatic rings. The van der Waals surface area contributed by atoms with E-state index in [0.717, 1.165) is 35.5 Å². The van der Waals surface area contributed by atoms with Crippen molar-refractivity contribution >= 4 is 5.91 Å². The Kier molecular flexibility index (Phi) is 4.62. The van der Waals surface area contributed by atoms with Gasteiger partial charge in [-0.3, -0.25) is 9.89 Å². The van der Waals surface area contributed by atoms with E-state index in [2.05, 4.69) is 20.8 Å². The predicted molar refractivity (Wildman–Crippen MR) is 87.4 cm³/mol. The Hall–Kier alpha value is -2.34. The Morgan fingerprint density at radius 2 is 2.13 bits per heavy atom. The van der Waals surface area contributed by atoms with Crippen molar-refractivity contribution in [1.29, 1.82) is 0 Å². The van der Waals surface area contributed by atoms with Gasteiger partial charge in [0.25, 0.3) is 5.91 Å². The molecule has 0 radical (unpaired) electrons. The lowest BCUT2D eigenvalue weighted by atomic mass is 10.1. The maximum absolute atomic E-state index is 12.3. The Labute approximate surface area is 135 Å². The summed E-state index contributed by atoms with van der Waals surface area (Å²) in [6.45, 7) is 6.06. The molecule has 1 aromatic heterocycles. The lowest BCUT2D eigenvalue weighted by Gasteiger charge is -2.13. The molecule has 1 aliphatic heterocycles. The monoisotopic (exact) mass is 314 g/mol. The molecule has 0 unspecified atom stereocenters. The number of H-pyrrole nitrogens is 1. The third-order valence-corrected chi connectivity index (χ3v) is 3.77. The second-order valence-corrected chi connectivity index (χ2v) is 5.95. The number of rotatable bonds is 5. The van der Waals surface area contributed by atoms with Gasteiger partial charge in [0.05, 0.1) is 6.10 Å². The van der Waals surface area contributed by atoms with E-state index in [0.29, 0.717) is 18.8 Å². The van der Waals surface area contributed by atoms with Crippen molar-refractivity contribution in [1.82, 2.24) is 20.8 Å². The lowest BCUT2D eigenvalue weighted by Crippen LogP contribution is -2.28. The molecule has 1 aromatic carbocycles. The van der Waals surface area contributed by atoms with Gasteiger partial charge in [-0.1, -0.05) is 12.1 Å². The average Bonchev–Trinajstić information content (AvgIpc) is 2.97. The highest BCUT2D eigenvalue weighted by atomic mass is 16.5. The first-order chi connectivity index (χ1) is 11.1. The van der Waals surface area contributed by atoms with Crippen LogP contribution in [0.4, 0.5) is 0 Å². The molecule has 0 fully saturated rings. The van der Waals surface area contributed by atoms with E-state index in [4.69, 9.17) is 4.74 Å². The first-order valence-corrected chi connectivity index (χ1v) is 7.94. The normalized spacial score (nSPS) is 13.7. The molecule has 0 saturated carbocycles. The van der Waals surface area contributed by atoms with Gasteiger partial charge in [-0.05, 0) is 31.5 Å². The van der Waals surface area contributed by atoms with Crippen LogP contribution in [-0.2, 0) is 19.5 Å². The molecule has 1 amide bonds. The molecule has 0 aliphatic carbocycles. The van der Waals surface area contributed by atoms with Gasteiger partial charge < -0.3 is 15.4 Å². The number of nitrogens with zero attached hydrogens (tertiary/aromatic N) is 1. The van der Waals surface area contributed by atoms with E-state index in [1.807, 2.05) is 38.1 Å². The van der Waals surface area contributed by atoms with Gasteiger partial charge in [0.15, 0.2) is 5.69 Å². The fourth-order valence-corrected chi connectivity index (χ4v) is 2.64. The highest BCUT2D eigenvalue weighted by Crippen LogP contribution is 2.16. The Bertz CT molecular complexity index is 676. The molecule has 0 saturated heterocycles. The minimum atomic E-state index is -0.145. The minimum absolute atomic E-state index is 0.145. The standard InChI is InChI=1S/C17H22N4O2/c1-11(2)23-13-5-3-12(4-6-13)9-19-17(22)16-14-10-18-8-7-15(14)20-21-16/h3-6,11,18H,7-10H2,1-2H3,(H,19,22)(H,20,21). The van der Waals surface area contributed by atoms with Crippen LogP contribution in [-0.4, -0.2) is 28.8 Å². The van der Waals surface area contributed by atoms with Crippen molar-refractivity contribution in [3.8, 4) is 5.75 Å². The number of benzene rings is 1. The topological polar surface area (TPSA) is 79.0 Å². The third-order valence-electron chi connectivity index (χ3n) is 3.77. The molecule has 1 aliphatic rings. The summed E-state index contributed by atoms with van der Waals surface area (Å²) >= 11 is 0. The highest BCUT2D eigenvalue weighted by molar-refractivity contribution is 5.94. The Balaban J connectivity index is 1.59. The summed E-state index contributed by atoms with van der Waals surface area (Å²) in [5, 5.41) is 13.3. The SMILES string of the molecule is CC(C)Oc1ccc(CNC(=O)c2n[nH]c3c2CNCC3)cc1. The zero-order valence-corrected chi connectivity index (χ0v) is 13.5. The second-order valence-electron chi connectivity index (χ2n) is 5.95. The molecule has 0 spiro atoms. The van der Waals surface area contributed by atoms with Crippen LogP contribution in [0.3, 0.4) is 0 Å². The van der Waals surface area contributed by atoms with Crippen molar-refractivity contribution < 1.29 is 9.53 Å². The van der Waals surface area contributed by atoms with Crippen LogP contribution in [0.15, 0.2) is 24.3 Å². The molecule has 122 valence electrons. The quantitative estimate of drug-likeness (QED) is 0.786. The number of amides is 1. The van der Waals surface area contributed by atoms with Gasteiger partial charge in [-0.15, -0.1) is 0 Å². The largest absolute Gasteiger partial charge is 0.491 e. The van der Waals surface area contributed by atoms with E-state index in [1.165, 1.54) is 0 Å². The molecular formula is C17H22N4O2. The summed E-state index contributed by atoms with van der Waals surface area (Å²) in [6.07, 6.45) is 1.03. The number of carbonyl (C=O) groups excluding carboxylic acids is 1. The average molecular weight is 314 g/mol. The smallest absolute Gasteiger partial charge is 0.272 e. The fourth-order valence-electron chi connectivity index (χ4n) is 2.64. The summed E-state index contributed by atoms with van der Waals surface area (Å²) in [5.41, 5.74) is 3.56. The number of aromatic amines is 1. The fraction of sp³-hybridized carbons (Fsp3) is 0.412. The van der Waals surface area contributed by atoms with Crippen LogP contribution in [0.2, 0.25) is 0 Å². The summed E-state index contributed by atoms with van der Waals surface area (Å²) in [4.78, 5) is 12.3. The number of nitrogens with one attached hydrogen (secondary N) is 3. The van der Waals surface area contributed by atoms with Crippen molar-refractivity contribution in [2.45, 2.75) is 39.5 Å². The van der Waals surface area contributed by atoms with E-state index in [1.54, 1.807) is 0 Å². The molecule has 6 heteroatoms. The van der Waals surface area contributed by atoms with Crippen molar-refractivity contribution in [3.05, 3.63) is 46.8 Å². The van der Waals surface area contributed by atoms with Crippen LogP contribution >= 0.6 is 0 Å². The van der Waals surface area contributed by atoms with E-state index in [-0.39, 0.29) is 12.0 Å². The second kappa shape index (κ2) is 6.83. The highest BCUT2D eigenvalue weighted by Gasteiger charge is 2.21. The number of ether oxygens (including phenoxy) is 1. The Morgan fingerprint density at radius 3 is 2.87 bits per heavy atom. The van der Waals surface area contributed by atoms with E-state index < -0.39 is 0 Å². The molecule has 6 nitrogen and oxygen atoms in total. The summed E-state index contributed by atoms with van der Waals surface area (Å²) in [5.74, 6) is 0.691. The predicted octanol–water partition coefficient (Wildman–Crippen LogP) is 1.77. The number of carbonyl (C=O) groups is 1.